The fourth-order valence-electron chi connectivity index (χ4n) is 8.54. The molecule has 0 unspecified atom stereocenters. The Hall–Kier alpha value is -9.14. The number of nitrogens with zero attached hydrogens (tertiary/aromatic N) is 8. The van der Waals surface area contributed by atoms with Crippen LogP contribution in [0.15, 0.2) is 256 Å². The Kier molecular flexibility index (Phi) is 12.0. The number of anilines is 4. The van der Waals surface area contributed by atoms with Crippen molar-refractivity contribution in [3.8, 4) is 39.1 Å². The third kappa shape index (κ3) is 8.69. The van der Waals surface area contributed by atoms with Gasteiger partial charge in [-0.05, 0) is 149 Å². The van der Waals surface area contributed by atoms with Crippen LogP contribution >= 0.6 is 0 Å². The van der Waals surface area contributed by atoms with Crippen molar-refractivity contribution >= 4 is 50.5 Å². The lowest BCUT2D eigenvalue weighted by molar-refractivity contribution is 0.766. The van der Waals surface area contributed by atoms with E-state index >= 15 is 0 Å². The van der Waals surface area contributed by atoms with Crippen molar-refractivity contribution in [2.24, 2.45) is 0 Å². The summed E-state index contributed by atoms with van der Waals surface area (Å²) in [6, 6.07) is 57.2. The van der Waals surface area contributed by atoms with Crippen LogP contribution in [0.1, 0.15) is 12.8 Å². The Morgan fingerprint density at radius 2 is 0.971 bits per heavy atom. The summed E-state index contributed by atoms with van der Waals surface area (Å²) in [6.07, 6.45) is 19.6. The quantitative estimate of drug-likeness (QED) is 0.0956. The molecule has 1 aliphatic rings. The van der Waals surface area contributed by atoms with E-state index in [-0.39, 0.29) is 0 Å². The fourth-order valence-corrected chi connectivity index (χ4v) is 8.54. The molecule has 8 heteroatoms. The average molecular weight is 881 g/mol. The van der Waals surface area contributed by atoms with Gasteiger partial charge in [0.15, 0.2) is 0 Å². The van der Waals surface area contributed by atoms with E-state index in [1.807, 2.05) is 60.7 Å². The second kappa shape index (κ2) is 19.1. The maximum atomic E-state index is 4.80. The van der Waals surface area contributed by atoms with E-state index in [1.165, 1.54) is 0 Å². The number of para-hydroxylation sites is 1. The van der Waals surface area contributed by atoms with E-state index in [1.54, 1.807) is 27.8 Å². The van der Waals surface area contributed by atoms with Crippen LogP contribution in [0.3, 0.4) is 0 Å². The number of fused-ring (bicyclic) bond motifs is 2. The van der Waals surface area contributed by atoms with Crippen molar-refractivity contribution in [2.75, 3.05) is 9.80 Å². The highest BCUT2D eigenvalue weighted by molar-refractivity contribution is 5.85. The van der Waals surface area contributed by atoms with E-state index in [9.17, 15) is 0 Å². The van der Waals surface area contributed by atoms with E-state index < -0.39 is 0 Å². The van der Waals surface area contributed by atoms with E-state index in [4.69, 9.17) is 15.3 Å². The van der Waals surface area contributed by atoms with Gasteiger partial charge in [-0.3, -0.25) is 0 Å². The molecule has 68 heavy (non-hydrogen) atoms. The Morgan fingerprint density at radius 1 is 0.471 bits per heavy atom. The van der Waals surface area contributed by atoms with Gasteiger partial charge in [-0.2, -0.15) is 9.59 Å². The molecule has 0 atom stereocenters. The molecule has 0 aliphatic heterocycles. The molecule has 8 nitrogen and oxygen atoms in total. The molecule has 2 heterocycles. The number of hydrogen-bond donors (Lipinski definition) is 0. The number of aromatic nitrogens is 6. The summed E-state index contributed by atoms with van der Waals surface area (Å²) in [4.78, 5) is 7.71. The summed E-state index contributed by atoms with van der Waals surface area (Å²) >= 11 is 0. The lowest BCUT2D eigenvalue weighted by atomic mass is 9.97. The zero-order chi connectivity index (χ0) is 46.4. The molecule has 10 rings (SSSR count). The van der Waals surface area contributed by atoms with Gasteiger partial charge in [-0.15, -0.1) is 20.4 Å². The number of hydrogen-bond acceptors (Lipinski definition) is 6. The first-order valence-corrected chi connectivity index (χ1v) is 22.6. The highest BCUT2D eigenvalue weighted by Gasteiger charge is 2.18. The van der Waals surface area contributed by atoms with Gasteiger partial charge in [0, 0.05) is 34.1 Å². The predicted molar refractivity (Wildman–Crippen MR) is 283 cm³/mol. The van der Waals surface area contributed by atoms with Crippen LogP contribution in [-0.4, -0.2) is 30.0 Å². The van der Waals surface area contributed by atoms with Gasteiger partial charge in [-0.1, -0.05) is 142 Å². The Balaban J connectivity index is 0.857. The summed E-state index contributed by atoms with van der Waals surface area (Å²) in [5.41, 5.74) is 17.8. The molecular weight excluding hydrogens is 833 g/mol. The smallest absolute Gasteiger partial charge is 0.115 e. The van der Waals surface area contributed by atoms with Gasteiger partial charge in [0.2, 0.25) is 0 Å². The second-order valence-electron chi connectivity index (χ2n) is 16.3. The number of rotatable bonds is 15. The minimum absolute atomic E-state index is 0.759. The maximum Gasteiger partial charge on any atom is 0.115 e. The van der Waals surface area contributed by atoms with Crippen LogP contribution in [0.2, 0.25) is 0 Å². The molecule has 2 aromatic heterocycles. The largest absolute Gasteiger partial charge is 0.311 e. The van der Waals surface area contributed by atoms with Crippen molar-refractivity contribution in [2.45, 2.75) is 12.8 Å². The molecule has 0 saturated carbocycles. The Labute approximate surface area is 396 Å². The highest BCUT2D eigenvalue weighted by Crippen LogP contribution is 2.37. The van der Waals surface area contributed by atoms with Crippen LogP contribution in [0.5, 0.6) is 0 Å². The minimum atomic E-state index is 0.759. The maximum absolute atomic E-state index is 4.80. The Bertz CT molecular complexity index is 3440. The van der Waals surface area contributed by atoms with Gasteiger partial charge >= 0.3 is 0 Å². The van der Waals surface area contributed by atoms with E-state index in [0.717, 1.165) is 114 Å². The van der Waals surface area contributed by atoms with Crippen LogP contribution in [0.25, 0.3) is 66.8 Å². The van der Waals surface area contributed by atoms with Gasteiger partial charge in [0.1, 0.15) is 22.1 Å². The van der Waals surface area contributed by atoms with Crippen LogP contribution in [0.4, 0.5) is 22.7 Å². The van der Waals surface area contributed by atoms with E-state index in [2.05, 4.69) is 181 Å². The monoisotopic (exact) mass is 880 g/mol. The predicted octanol–water partition coefficient (Wildman–Crippen LogP) is 15.1. The summed E-state index contributed by atoms with van der Waals surface area (Å²) < 4.78 is 0. The SMILES string of the molecule is C=C/C=C(\C=C)N(c1ccc(-c2ccc(-c3ccc(-c4ccc(N(C5=CCCC=C5)c5ccc6nn(/C(C=C)=C/C=C)nc6c5)cc4)cc3)cc2)cc1)c1ccc2nn(-c3ccccc3)nc2c1. The number of allylic oxidation sites excluding steroid dienone is 10. The van der Waals surface area contributed by atoms with Gasteiger partial charge in [0.25, 0.3) is 0 Å². The summed E-state index contributed by atoms with van der Waals surface area (Å²) in [6.45, 7) is 15.8. The zero-order valence-corrected chi connectivity index (χ0v) is 37.6. The second-order valence-corrected chi connectivity index (χ2v) is 16.3. The Morgan fingerprint density at radius 3 is 1.53 bits per heavy atom. The van der Waals surface area contributed by atoms with Crippen molar-refractivity contribution in [3.05, 3.63) is 256 Å². The highest BCUT2D eigenvalue weighted by atomic mass is 15.5. The molecule has 0 spiro atoms. The molecule has 0 bridgehead atoms. The average Bonchev–Trinajstić information content (AvgIpc) is 4.03. The molecule has 1 aliphatic carbocycles. The first-order chi connectivity index (χ1) is 33.5. The fraction of sp³-hybridized carbons (Fsp3) is 0.0333. The minimum Gasteiger partial charge on any atom is -0.311 e. The van der Waals surface area contributed by atoms with Crippen molar-refractivity contribution in [1.82, 2.24) is 30.0 Å². The molecule has 7 aromatic carbocycles. The van der Waals surface area contributed by atoms with Crippen LogP contribution in [0, 0.1) is 0 Å². The van der Waals surface area contributed by atoms with E-state index in [0.29, 0.717) is 0 Å². The summed E-state index contributed by atoms with van der Waals surface area (Å²) in [5.74, 6) is 0. The van der Waals surface area contributed by atoms with Crippen molar-refractivity contribution in [3.63, 3.8) is 0 Å². The lowest BCUT2D eigenvalue weighted by Gasteiger charge is -2.27. The first kappa shape index (κ1) is 42.8. The molecule has 328 valence electrons. The third-order valence-corrected chi connectivity index (χ3v) is 12.0. The molecule has 0 radical (unpaired) electrons. The van der Waals surface area contributed by atoms with Crippen molar-refractivity contribution < 1.29 is 0 Å². The lowest BCUT2D eigenvalue weighted by Crippen LogP contribution is -2.16. The molecular formula is C60H48N8. The molecule has 0 N–H and O–H groups in total. The van der Waals surface area contributed by atoms with Gasteiger partial charge in [0.05, 0.1) is 11.4 Å². The summed E-state index contributed by atoms with van der Waals surface area (Å²) in [7, 11) is 0. The number of benzene rings is 7. The topological polar surface area (TPSA) is 67.9 Å². The standard InChI is InChI=1S/C60H48N8/c1-5-15-49(7-3)65(55-37-39-58-60(41-55)64-68(62-58)54-19-13-10-14-20-54)52-33-29-47(30-34-52)45-25-21-43(22-26-45)44-23-27-46(28-24-44)48-31-35-53(36-32-48)66(51-17-11-9-12-18-51)56-38-40-57-59(42-56)63-67(61-57)50(8-4)16-6-2/h5-8,10-11,13-42H,1-4,9,12H2/b49-15+,50-16+. The zero-order valence-electron chi connectivity index (χ0n) is 37.6. The van der Waals surface area contributed by atoms with Crippen molar-refractivity contribution in [1.29, 1.82) is 0 Å². The molecule has 0 fully saturated rings. The van der Waals surface area contributed by atoms with Gasteiger partial charge in [-0.25, -0.2) is 0 Å². The van der Waals surface area contributed by atoms with Crippen LogP contribution in [-0.2, 0) is 0 Å². The summed E-state index contributed by atoms with van der Waals surface area (Å²) in [5, 5.41) is 19.0. The molecule has 0 amide bonds. The molecule has 9 aromatic rings. The van der Waals surface area contributed by atoms with Gasteiger partial charge < -0.3 is 9.80 Å². The molecule has 0 saturated heterocycles. The van der Waals surface area contributed by atoms with Crippen LogP contribution < -0.4 is 9.80 Å². The third-order valence-electron chi connectivity index (χ3n) is 12.0. The normalized spacial score (nSPS) is 12.7. The first-order valence-electron chi connectivity index (χ1n) is 22.6.